The molecule has 2 heterocycles. The molecule has 1 aromatic heterocycles. The largest absolute Gasteiger partial charge is 0.337 e. The zero-order valence-electron chi connectivity index (χ0n) is 13.4. The normalized spacial score (nSPS) is 26.2. The predicted octanol–water partition coefficient (Wildman–Crippen LogP) is 2.66. The minimum Gasteiger partial charge on any atom is -0.337 e. The van der Waals surface area contributed by atoms with Crippen LogP contribution in [0.4, 0.5) is 0 Å². The SMILES string of the molecule is CCC1CNC2(CCCCC2)CN1CCCn1ccnc1. The van der Waals surface area contributed by atoms with E-state index in [0.717, 1.165) is 12.6 Å². The van der Waals surface area contributed by atoms with Crippen LogP contribution in [0.3, 0.4) is 0 Å². The minimum atomic E-state index is 0.429. The van der Waals surface area contributed by atoms with Crippen LogP contribution in [-0.4, -0.2) is 45.7 Å². The fourth-order valence-corrected chi connectivity index (χ4v) is 4.14. The number of aryl methyl sites for hydroxylation is 1. The van der Waals surface area contributed by atoms with Gasteiger partial charge in [0.2, 0.25) is 0 Å². The highest BCUT2D eigenvalue weighted by molar-refractivity contribution is 4.99. The fourth-order valence-electron chi connectivity index (χ4n) is 4.14. The lowest BCUT2D eigenvalue weighted by atomic mass is 9.79. The van der Waals surface area contributed by atoms with Gasteiger partial charge in [-0.3, -0.25) is 4.90 Å². The van der Waals surface area contributed by atoms with Gasteiger partial charge >= 0.3 is 0 Å². The average Bonchev–Trinajstić information content (AvgIpc) is 3.02. The van der Waals surface area contributed by atoms with Gasteiger partial charge in [-0.2, -0.15) is 0 Å². The third kappa shape index (κ3) is 3.67. The van der Waals surface area contributed by atoms with Crippen molar-refractivity contribution in [3.63, 3.8) is 0 Å². The van der Waals surface area contributed by atoms with Gasteiger partial charge in [0, 0.05) is 50.2 Å². The maximum absolute atomic E-state index is 4.13. The molecule has 1 saturated carbocycles. The van der Waals surface area contributed by atoms with Gasteiger partial charge in [-0.25, -0.2) is 4.98 Å². The first-order chi connectivity index (χ1) is 10.3. The summed E-state index contributed by atoms with van der Waals surface area (Å²) in [6, 6.07) is 0.723. The number of imidazole rings is 1. The van der Waals surface area contributed by atoms with Crippen LogP contribution in [0.5, 0.6) is 0 Å². The molecule has 1 N–H and O–H groups in total. The van der Waals surface area contributed by atoms with Crippen molar-refractivity contribution in [3.05, 3.63) is 18.7 Å². The van der Waals surface area contributed by atoms with Crippen LogP contribution in [0.25, 0.3) is 0 Å². The van der Waals surface area contributed by atoms with E-state index in [-0.39, 0.29) is 0 Å². The monoisotopic (exact) mass is 290 g/mol. The van der Waals surface area contributed by atoms with E-state index in [1.807, 2.05) is 12.5 Å². The van der Waals surface area contributed by atoms with Crippen LogP contribution in [0.2, 0.25) is 0 Å². The third-order valence-electron chi connectivity index (χ3n) is 5.44. The van der Waals surface area contributed by atoms with Crippen LogP contribution >= 0.6 is 0 Å². The summed E-state index contributed by atoms with van der Waals surface area (Å²) in [4.78, 5) is 6.89. The molecular formula is C17H30N4. The first-order valence-electron chi connectivity index (χ1n) is 8.76. The molecule has 1 aromatic rings. The van der Waals surface area contributed by atoms with Crippen LogP contribution in [0.15, 0.2) is 18.7 Å². The smallest absolute Gasteiger partial charge is 0.0945 e. The number of nitrogens with zero attached hydrogens (tertiary/aromatic N) is 3. The van der Waals surface area contributed by atoms with Gasteiger partial charge < -0.3 is 9.88 Å². The molecule has 0 amide bonds. The number of rotatable bonds is 5. The second-order valence-electron chi connectivity index (χ2n) is 6.91. The molecule has 1 aliphatic carbocycles. The van der Waals surface area contributed by atoms with Crippen molar-refractivity contribution >= 4 is 0 Å². The molecule has 2 fully saturated rings. The second-order valence-corrected chi connectivity index (χ2v) is 6.91. The van der Waals surface area contributed by atoms with Crippen LogP contribution < -0.4 is 5.32 Å². The van der Waals surface area contributed by atoms with E-state index in [1.54, 1.807) is 0 Å². The Morgan fingerprint density at radius 1 is 1.24 bits per heavy atom. The van der Waals surface area contributed by atoms with Gasteiger partial charge in [0.05, 0.1) is 6.33 Å². The quantitative estimate of drug-likeness (QED) is 0.905. The highest BCUT2D eigenvalue weighted by Gasteiger charge is 2.38. The Hall–Kier alpha value is -0.870. The Bertz CT molecular complexity index is 408. The molecule has 4 heteroatoms. The summed E-state index contributed by atoms with van der Waals surface area (Å²) in [6.07, 6.45) is 15.4. The molecule has 1 saturated heterocycles. The minimum absolute atomic E-state index is 0.429. The van der Waals surface area contributed by atoms with E-state index >= 15 is 0 Å². The van der Waals surface area contributed by atoms with Crippen molar-refractivity contribution in [1.29, 1.82) is 0 Å². The topological polar surface area (TPSA) is 33.1 Å². The average molecular weight is 290 g/mol. The lowest BCUT2D eigenvalue weighted by Crippen LogP contribution is -2.64. The molecule has 2 aliphatic rings. The van der Waals surface area contributed by atoms with Crippen molar-refractivity contribution in [3.8, 4) is 0 Å². The summed E-state index contributed by atoms with van der Waals surface area (Å²) in [5.41, 5.74) is 0.429. The number of hydrogen-bond acceptors (Lipinski definition) is 3. The lowest BCUT2D eigenvalue weighted by molar-refractivity contribution is 0.0524. The fraction of sp³-hybridized carbons (Fsp3) is 0.824. The molecule has 0 bridgehead atoms. The standard InChI is InChI=1S/C17H30N4/c1-2-16-13-19-17(7-4-3-5-8-17)14-21(16)11-6-10-20-12-9-18-15-20/h9,12,15-16,19H,2-8,10-11,13-14H2,1H3. The van der Waals surface area contributed by atoms with Gasteiger partial charge in [-0.1, -0.05) is 26.2 Å². The summed E-state index contributed by atoms with van der Waals surface area (Å²) in [6.45, 7) is 7.08. The maximum Gasteiger partial charge on any atom is 0.0945 e. The van der Waals surface area contributed by atoms with Crippen molar-refractivity contribution in [2.24, 2.45) is 0 Å². The summed E-state index contributed by atoms with van der Waals surface area (Å²) in [5.74, 6) is 0. The molecule has 1 unspecified atom stereocenters. The number of piperazine rings is 1. The van der Waals surface area contributed by atoms with E-state index in [4.69, 9.17) is 0 Å². The molecule has 1 aliphatic heterocycles. The van der Waals surface area contributed by atoms with E-state index < -0.39 is 0 Å². The number of hydrogen-bond donors (Lipinski definition) is 1. The molecule has 118 valence electrons. The third-order valence-corrected chi connectivity index (χ3v) is 5.44. The zero-order valence-corrected chi connectivity index (χ0v) is 13.4. The summed E-state index contributed by atoms with van der Waals surface area (Å²) < 4.78 is 2.19. The number of nitrogens with one attached hydrogen (secondary N) is 1. The first kappa shape index (κ1) is 15.0. The Morgan fingerprint density at radius 3 is 2.81 bits per heavy atom. The summed E-state index contributed by atoms with van der Waals surface area (Å²) in [7, 11) is 0. The molecule has 0 radical (unpaired) electrons. The Labute approximate surface area is 128 Å². The van der Waals surface area contributed by atoms with E-state index in [1.165, 1.54) is 64.6 Å². The Balaban J connectivity index is 1.54. The highest BCUT2D eigenvalue weighted by Crippen LogP contribution is 2.32. The van der Waals surface area contributed by atoms with Crippen molar-refractivity contribution in [2.45, 2.75) is 70.0 Å². The van der Waals surface area contributed by atoms with Crippen molar-refractivity contribution in [1.82, 2.24) is 19.8 Å². The van der Waals surface area contributed by atoms with Crippen molar-refractivity contribution < 1.29 is 0 Å². The van der Waals surface area contributed by atoms with Crippen LogP contribution in [0.1, 0.15) is 51.9 Å². The number of aromatic nitrogens is 2. The lowest BCUT2D eigenvalue weighted by Gasteiger charge is -2.49. The van der Waals surface area contributed by atoms with E-state index in [9.17, 15) is 0 Å². The summed E-state index contributed by atoms with van der Waals surface area (Å²) >= 11 is 0. The van der Waals surface area contributed by atoms with E-state index in [0.29, 0.717) is 5.54 Å². The molecular weight excluding hydrogens is 260 g/mol. The molecule has 21 heavy (non-hydrogen) atoms. The molecule has 3 rings (SSSR count). The van der Waals surface area contributed by atoms with Gasteiger partial charge in [0.1, 0.15) is 0 Å². The van der Waals surface area contributed by atoms with Crippen LogP contribution in [-0.2, 0) is 6.54 Å². The Kier molecular flexibility index (Phi) is 4.96. The Morgan fingerprint density at radius 2 is 2.10 bits per heavy atom. The first-order valence-corrected chi connectivity index (χ1v) is 8.76. The maximum atomic E-state index is 4.13. The van der Waals surface area contributed by atoms with Gasteiger partial charge in [0.25, 0.3) is 0 Å². The van der Waals surface area contributed by atoms with Gasteiger partial charge in [-0.05, 0) is 25.7 Å². The molecule has 4 nitrogen and oxygen atoms in total. The van der Waals surface area contributed by atoms with E-state index in [2.05, 4.69) is 32.9 Å². The predicted molar refractivity (Wildman–Crippen MR) is 86.3 cm³/mol. The second kappa shape index (κ2) is 6.93. The molecule has 1 spiro atoms. The van der Waals surface area contributed by atoms with Gasteiger partial charge in [0.15, 0.2) is 0 Å². The molecule has 1 atom stereocenters. The van der Waals surface area contributed by atoms with Crippen molar-refractivity contribution in [2.75, 3.05) is 19.6 Å². The zero-order chi connectivity index (χ0) is 14.5. The van der Waals surface area contributed by atoms with Crippen LogP contribution in [0, 0.1) is 0 Å². The molecule has 0 aromatic carbocycles. The van der Waals surface area contributed by atoms with Gasteiger partial charge in [-0.15, -0.1) is 0 Å². The highest BCUT2D eigenvalue weighted by atomic mass is 15.3. The summed E-state index contributed by atoms with van der Waals surface area (Å²) in [5, 5.41) is 3.91.